The third-order valence-electron chi connectivity index (χ3n) is 5.04. The van der Waals surface area contributed by atoms with Gasteiger partial charge in [0, 0.05) is 5.56 Å². The summed E-state index contributed by atoms with van der Waals surface area (Å²) < 4.78 is 0. The number of hydrogen-bond donors (Lipinski definition) is 0. The Hall–Kier alpha value is -2.62. The van der Waals surface area contributed by atoms with Gasteiger partial charge in [-0.05, 0) is 36.0 Å². The summed E-state index contributed by atoms with van der Waals surface area (Å²) in [6.45, 7) is 4.14. The van der Waals surface area contributed by atoms with Gasteiger partial charge in [0.2, 0.25) is 0 Å². The van der Waals surface area contributed by atoms with Crippen molar-refractivity contribution in [3.63, 3.8) is 0 Å². The fourth-order valence-electron chi connectivity index (χ4n) is 4.02. The van der Waals surface area contributed by atoms with E-state index in [0.717, 1.165) is 28.8 Å². The molecule has 2 heterocycles. The number of carbonyl (C=O) groups is 2. The van der Waals surface area contributed by atoms with Crippen molar-refractivity contribution >= 4 is 17.6 Å². The number of fused-ring (bicyclic) bond motifs is 5. The molecule has 0 unspecified atom stereocenters. The normalized spacial score (nSPS) is 21.7. The van der Waals surface area contributed by atoms with Crippen LogP contribution in [0.2, 0.25) is 0 Å². The van der Waals surface area contributed by atoms with Gasteiger partial charge < -0.3 is 14.8 Å². The van der Waals surface area contributed by atoms with Crippen LogP contribution in [0.3, 0.4) is 0 Å². The largest absolute Gasteiger partial charge is 0.545 e. The van der Waals surface area contributed by atoms with E-state index in [1.54, 1.807) is 11.0 Å². The summed E-state index contributed by atoms with van der Waals surface area (Å²) in [6, 6.07) is 11.0. The lowest BCUT2D eigenvalue weighted by Crippen LogP contribution is -2.34. The second kappa shape index (κ2) is 4.69. The first kappa shape index (κ1) is 14.0. The van der Waals surface area contributed by atoms with E-state index in [-0.39, 0.29) is 17.5 Å². The number of carbonyl (C=O) groups excluding carboxylic acids is 2. The highest BCUT2D eigenvalue weighted by atomic mass is 16.4. The van der Waals surface area contributed by atoms with Gasteiger partial charge in [0.15, 0.2) is 0 Å². The summed E-state index contributed by atoms with van der Waals surface area (Å²) in [4.78, 5) is 26.2. The molecular formula is C19H16NO3-. The maximum Gasteiger partial charge on any atom is 0.259 e. The molecule has 0 saturated heterocycles. The average Bonchev–Trinajstić information content (AvgIpc) is 2.81. The van der Waals surface area contributed by atoms with Crippen LogP contribution in [-0.2, 0) is 0 Å². The number of carboxylic acid groups (broad SMARTS) is 1. The minimum absolute atomic E-state index is 0.00955. The van der Waals surface area contributed by atoms with E-state index in [1.165, 1.54) is 6.07 Å². The van der Waals surface area contributed by atoms with Crippen LogP contribution < -0.4 is 10.0 Å². The van der Waals surface area contributed by atoms with Crippen LogP contribution in [0.5, 0.6) is 0 Å². The highest BCUT2D eigenvalue weighted by molar-refractivity contribution is 6.16. The van der Waals surface area contributed by atoms with Gasteiger partial charge >= 0.3 is 0 Å². The molecule has 4 rings (SSSR count). The van der Waals surface area contributed by atoms with Gasteiger partial charge in [-0.25, -0.2) is 0 Å². The monoisotopic (exact) mass is 306 g/mol. The molecule has 2 aromatic carbocycles. The van der Waals surface area contributed by atoms with Crippen molar-refractivity contribution in [3.05, 3.63) is 64.2 Å². The SMILES string of the molecule is Cc1cccc2c1N1C(=O)c3c(C(=O)[O-])cccc3[C@H]1C[C@H]2C. The summed E-state index contributed by atoms with van der Waals surface area (Å²) in [5.74, 6) is -1.21. The van der Waals surface area contributed by atoms with Crippen molar-refractivity contribution in [3.8, 4) is 0 Å². The van der Waals surface area contributed by atoms with Crippen molar-refractivity contribution in [2.24, 2.45) is 0 Å². The number of rotatable bonds is 1. The van der Waals surface area contributed by atoms with Crippen LogP contribution in [0.15, 0.2) is 36.4 Å². The molecule has 0 saturated carbocycles. The van der Waals surface area contributed by atoms with E-state index in [1.807, 2.05) is 25.1 Å². The van der Waals surface area contributed by atoms with Crippen molar-refractivity contribution < 1.29 is 14.7 Å². The Bertz CT molecular complexity index is 856. The molecule has 0 N–H and O–H groups in total. The van der Waals surface area contributed by atoms with E-state index in [9.17, 15) is 14.7 Å². The smallest absolute Gasteiger partial charge is 0.259 e. The fraction of sp³-hybridized carbons (Fsp3) is 0.263. The summed E-state index contributed by atoms with van der Waals surface area (Å²) in [7, 11) is 0. The Morgan fingerprint density at radius 3 is 2.61 bits per heavy atom. The summed E-state index contributed by atoms with van der Waals surface area (Å²) in [5, 5.41) is 11.4. The molecule has 0 spiro atoms. The van der Waals surface area contributed by atoms with Gasteiger partial charge in [0.05, 0.1) is 23.3 Å². The Morgan fingerprint density at radius 2 is 1.87 bits per heavy atom. The Balaban J connectivity index is 1.98. The third kappa shape index (κ3) is 1.78. The molecule has 2 atom stereocenters. The standard InChI is InChI=1S/C19H17NO3/c1-10-5-3-6-12-11(2)9-15-13-7-4-8-14(19(22)23)16(13)18(21)20(15)17(10)12/h3-8,11,15H,9H2,1-2H3,(H,22,23)/p-1/t11-,15-/m1/s1. The second-order valence-corrected chi connectivity index (χ2v) is 6.40. The maximum atomic E-state index is 13.0. The number of anilines is 1. The van der Waals surface area contributed by atoms with E-state index < -0.39 is 5.97 Å². The molecule has 0 aliphatic carbocycles. The molecule has 1 amide bonds. The Morgan fingerprint density at radius 1 is 1.17 bits per heavy atom. The van der Waals surface area contributed by atoms with Crippen LogP contribution in [-0.4, -0.2) is 11.9 Å². The van der Waals surface area contributed by atoms with Gasteiger partial charge in [-0.15, -0.1) is 0 Å². The van der Waals surface area contributed by atoms with Crippen LogP contribution in [0.4, 0.5) is 5.69 Å². The highest BCUT2D eigenvalue weighted by Gasteiger charge is 2.44. The number of amides is 1. The number of para-hydroxylation sites is 1. The van der Waals surface area contributed by atoms with Crippen LogP contribution in [0.1, 0.15) is 62.7 Å². The Labute approximate surface area is 134 Å². The summed E-state index contributed by atoms with van der Waals surface area (Å²) >= 11 is 0. The lowest BCUT2D eigenvalue weighted by atomic mass is 9.84. The molecule has 0 fully saturated rings. The van der Waals surface area contributed by atoms with E-state index in [2.05, 4.69) is 13.0 Å². The first-order valence-corrected chi connectivity index (χ1v) is 7.78. The highest BCUT2D eigenvalue weighted by Crippen LogP contribution is 2.50. The van der Waals surface area contributed by atoms with Gasteiger partial charge in [-0.3, -0.25) is 4.79 Å². The molecule has 2 aliphatic rings. The van der Waals surface area contributed by atoms with Crippen molar-refractivity contribution in [2.75, 3.05) is 4.90 Å². The molecule has 23 heavy (non-hydrogen) atoms. The van der Waals surface area contributed by atoms with E-state index >= 15 is 0 Å². The van der Waals surface area contributed by atoms with Crippen molar-refractivity contribution in [1.29, 1.82) is 0 Å². The molecule has 4 nitrogen and oxygen atoms in total. The van der Waals surface area contributed by atoms with Gasteiger partial charge in [0.1, 0.15) is 0 Å². The van der Waals surface area contributed by atoms with Crippen LogP contribution in [0, 0.1) is 6.92 Å². The second-order valence-electron chi connectivity index (χ2n) is 6.40. The number of benzene rings is 2. The number of aromatic carboxylic acids is 1. The number of nitrogens with zero attached hydrogens (tertiary/aromatic N) is 1. The molecule has 116 valence electrons. The van der Waals surface area contributed by atoms with Gasteiger partial charge in [0.25, 0.3) is 5.91 Å². The first-order chi connectivity index (χ1) is 11.0. The minimum Gasteiger partial charge on any atom is -0.545 e. The first-order valence-electron chi connectivity index (χ1n) is 7.78. The topological polar surface area (TPSA) is 60.4 Å². The average molecular weight is 306 g/mol. The number of aryl methyl sites for hydroxylation is 1. The summed E-state index contributed by atoms with van der Waals surface area (Å²) in [5.41, 5.74) is 4.21. The van der Waals surface area contributed by atoms with E-state index in [0.29, 0.717) is 11.5 Å². The third-order valence-corrected chi connectivity index (χ3v) is 5.04. The van der Waals surface area contributed by atoms with Crippen molar-refractivity contribution in [2.45, 2.75) is 32.2 Å². The molecule has 0 radical (unpaired) electrons. The summed E-state index contributed by atoms with van der Waals surface area (Å²) in [6.07, 6.45) is 0.797. The van der Waals surface area contributed by atoms with Crippen molar-refractivity contribution in [1.82, 2.24) is 0 Å². The number of hydrogen-bond acceptors (Lipinski definition) is 3. The lowest BCUT2D eigenvalue weighted by Gasteiger charge is -2.37. The van der Waals surface area contributed by atoms with Crippen LogP contribution in [0.25, 0.3) is 0 Å². The van der Waals surface area contributed by atoms with Gasteiger partial charge in [-0.2, -0.15) is 0 Å². The molecular weight excluding hydrogens is 290 g/mol. The molecule has 2 aromatic rings. The molecule has 0 aromatic heterocycles. The molecule has 4 heteroatoms. The number of carboxylic acids is 1. The zero-order valence-electron chi connectivity index (χ0n) is 13.0. The quantitative estimate of drug-likeness (QED) is 0.813. The van der Waals surface area contributed by atoms with Crippen LogP contribution >= 0.6 is 0 Å². The predicted molar refractivity (Wildman–Crippen MR) is 84.5 cm³/mol. The zero-order chi connectivity index (χ0) is 16.3. The Kier molecular flexibility index (Phi) is 2.85. The fourth-order valence-corrected chi connectivity index (χ4v) is 4.02. The van der Waals surface area contributed by atoms with E-state index in [4.69, 9.17) is 0 Å². The molecule has 2 aliphatic heterocycles. The van der Waals surface area contributed by atoms with Gasteiger partial charge in [-0.1, -0.05) is 43.3 Å². The molecule has 0 bridgehead atoms. The minimum atomic E-state index is -1.30. The predicted octanol–water partition coefficient (Wildman–Crippen LogP) is 2.57. The zero-order valence-corrected chi connectivity index (χ0v) is 13.0. The lowest BCUT2D eigenvalue weighted by molar-refractivity contribution is -0.255. The maximum absolute atomic E-state index is 13.0.